The first-order valence-corrected chi connectivity index (χ1v) is 33.0. The Bertz CT molecular complexity index is 1590. The van der Waals surface area contributed by atoms with E-state index in [-0.39, 0.29) is 18.9 Å². The van der Waals surface area contributed by atoms with E-state index in [1.807, 2.05) is 6.08 Å². The first-order valence-electron chi connectivity index (χ1n) is 33.0. The van der Waals surface area contributed by atoms with Gasteiger partial charge in [-0.25, -0.2) is 0 Å². The highest BCUT2D eigenvalue weighted by atomic mass is 16.7. The molecule has 472 valence electrons. The summed E-state index contributed by atoms with van der Waals surface area (Å²) in [6, 6.07) is -0.937. The van der Waals surface area contributed by atoms with E-state index in [2.05, 4.69) is 67.8 Å². The Labute approximate surface area is 492 Å². The Morgan fingerprint density at radius 3 is 1.32 bits per heavy atom. The van der Waals surface area contributed by atoms with Crippen LogP contribution >= 0.6 is 0 Å². The van der Waals surface area contributed by atoms with Gasteiger partial charge in [-0.2, -0.15) is 0 Å². The van der Waals surface area contributed by atoms with Crippen LogP contribution in [0.3, 0.4) is 0 Å². The van der Waals surface area contributed by atoms with E-state index in [1.54, 1.807) is 6.08 Å². The minimum absolute atomic E-state index is 0.252. The average Bonchev–Trinajstić information content (AvgIpc) is 3.48. The van der Waals surface area contributed by atoms with Gasteiger partial charge < -0.3 is 65.1 Å². The molecule has 0 bridgehead atoms. The Kier molecular flexibility index (Phi) is 48.1. The smallest absolute Gasteiger partial charge is 0.220 e. The lowest BCUT2D eigenvalue weighted by Gasteiger charge is -2.46. The van der Waals surface area contributed by atoms with Crippen LogP contribution in [0.1, 0.15) is 264 Å². The van der Waals surface area contributed by atoms with E-state index in [9.17, 15) is 45.6 Å². The zero-order valence-corrected chi connectivity index (χ0v) is 51.0. The van der Waals surface area contributed by atoms with Crippen LogP contribution in [0.4, 0.5) is 0 Å². The van der Waals surface area contributed by atoms with Crippen molar-refractivity contribution in [2.45, 2.75) is 338 Å². The van der Waals surface area contributed by atoms with Gasteiger partial charge in [-0.1, -0.05) is 248 Å². The predicted molar refractivity (Wildman–Crippen MR) is 327 cm³/mol. The Hall–Kier alpha value is -2.31. The number of unbranched alkanes of at least 4 members (excludes halogenated alkanes) is 32. The molecule has 2 aliphatic heterocycles. The Morgan fingerprint density at radius 1 is 0.444 bits per heavy atom. The van der Waals surface area contributed by atoms with Gasteiger partial charge in [0.25, 0.3) is 0 Å². The summed E-state index contributed by atoms with van der Waals surface area (Å²) in [5, 5.41) is 87.0. The maximum atomic E-state index is 13.3. The predicted octanol–water partition coefficient (Wildman–Crippen LogP) is 12.5. The lowest BCUT2D eigenvalue weighted by Crippen LogP contribution is -2.65. The number of nitrogens with one attached hydrogen (secondary N) is 1. The van der Waals surface area contributed by atoms with Crippen molar-refractivity contribution in [1.82, 2.24) is 5.32 Å². The fourth-order valence-corrected chi connectivity index (χ4v) is 10.6. The second-order valence-corrected chi connectivity index (χ2v) is 23.2. The van der Waals surface area contributed by atoms with Gasteiger partial charge in [0.1, 0.15) is 48.8 Å². The van der Waals surface area contributed by atoms with Crippen molar-refractivity contribution in [3.05, 3.63) is 60.8 Å². The summed E-state index contributed by atoms with van der Waals surface area (Å²) in [4.78, 5) is 13.3. The highest BCUT2D eigenvalue weighted by Crippen LogP contribution is 2.30. The van der Waals surface area contributed by atoms with Crippen molar-refractivity contribution in [2.75, 3.05) is 19.8 Å². The highest BCUT2D eigenvalue weighted by molar-refractivity contribution is 5.76. The average molecular weight is 1150 g/mol. The third kappa shape index (κ3) is 37.0. The molecule has 2 rings (SSSR count). The fraction of sp³-hybridized carbons (Fsp3) is 0.836. The summed E-state index contributed by atoms with van der Waals surface area (Å²) in [6.07, 6.45) is 51.6. The number of hydrogen-bond donors (Lipinski definition) is 9. The molecule has 0 aromatic carbocycles. The quantitative estimate of drug-likeness (QED) is 0.0204. The van der Waals surface area contributed by atoms with Gasteiger partial charge in [0.2, 0.25) is 5.91 Å². The Balaban J connectivity index is 1.59. The van der Waals surface area contributed by atoms with Crippen molar-refractivity contribution in [2.24, 2.45) is 0 Å². The molecular weight excluding hydrogens is 1030 g/mol. The molecule has 2 saturated heterocycles. The molecule has 0 aromatic rings. The van der Waals surface area contributed by atoms with Crippen LogP contribution in [0.25, 0.3) is 0 Å². The normalized spacial score (nSPS) is 24.5. The zero-order chi connectivity index (χ0) is 58.8. The number of hydrogen-bond acceptors (Lipinski definition) is 13. The van der Waals surface area contributed by atoms with Crippen LogP contribution in [-0.2, 0) is 23.7 Å². The minimum atomic E-state index is -1.79. The third-order valence-corrected chi connectivity index (χ3v) is 15.9. The van der Waals surface area contributed by atoms with E-state index >= 15 is 0 Å². The topological polar surface area (TPSA) is 228 Å². The first-order chi connectivity index (χ1) is 39.6. The third-order valence-electron chi connectivity index (χ3n) is 15.9. The van der Waals surface area contributed by atoms with Crippen LogP contribution in [0.2, 0.25) is 0 Å². The van der Waals surface area contributed by atoms with Crippen molar-refractivity contribution >= 4 is 5.91 Å². The van der Waals surface area contributed by atoms with Crippen LogP contribution in [0.15, 0.2) is 60.8 Å². The van der Waals surface area contributed by atoms with Crippen LogP contribution in [0.5, 0.6) is 0 Å². The van der Waals surface area contributed by atoms with Crippen molar-refractivity contribution in [3.63, 3.8) is 0 Å². The molecule has 2 heterocycles. The number of amides is 1. The van der Waals surface area contributed by atoms with E-state index < -0.39 is 86.8 Å². The van der Waals surface area contributed by atoms with Gasteiger partial charge in [0, 0.05) is 6.42 Å². The number of rotatable bonds is 53. The number of allylic oxidation sites excluding steroid dienone is 9. The molecule has 9 N–H and O–H groups in total. The molecule has 0 aromatic heterocycles. The first kappa shape index (κ1) is 74.8. The van der Waals surface area contributed by atoms with Gasteiger partial charge in [-0.05, 0) is 70.6 Å². The molecule has 12 atom stereocenters. The number of carbonyl (C=O) groups excluding carboxylic acids is 1. The van der Waals surface area contributed by atoms with Crippen molar-refractivity contribution in [1.29, 1.82) is 0 Å². The molecule has 2 aliphatic rings. The molecule has 14 nitrogen and oxygen atoms in total. The monoisotopic (exact) mass is 1150 g/mol. The van der Waals surface area contributed by atoms with Gasteiger partial charge in [0.05, 0.1) is 32.0 Å². The molecule has 2 fully saturated rings. The Morgan fingerprint density at radius 2 is 0.840 bits per heavy atom. The number of aliphatic hydroxyl groups excluding tert-OH is 8. The van der Waals surface area contributed by atoms with Gasteiger partial charge in [-0.3, -0.25) is 4.79 Å². The lowest BCUT2D eigenvalue weighted by atomic mass is 9.97. The summed E-state index contributed by atoms with van der Waals surface area (Å²) >= 11 is 0. The maximum Gasteiger partial charge on any atom is 0.220 e. The van der Waals surface area contributed by atoms with Gasteiger partial charge in [0.15, 0.2) is 12.6 Å². The van der Waals surface area contributed by atoms with E-state index in [4.69, 9.17) is 18.9 Å². The standard InChI is InChI=1S/C67H121NO13/c1-3-5-7-9-11-13-15-17-18-19-20-21-22-23-24-25-26-27-28-29-30-31-32-33-34-35-36-37-38-39-41-43-45-47-49-51-59(72)68-55(56(71)50-48-46-44-42-40-16-14-12-10-8-6-4-2)54-78-66-64(77)62(75)65(58(53-70)80-66)81-67-63(76)61(74)60(73)57(52-69)79-67/h10,12,15,17,19-20,40,42,48,50,55-58,60-67,69-71,73-77H,3-9,11,13-14,16,18,21-39,41,43-47,49,51-54H2,1-2H3,(H,68,72)/b12-10+,17-15-,20-19-,42-40+,50-48+. The van der Waals surface area contributed by atoms with Crippen molar-refractivity contribution in [3.8, 4) is 0 Å². The maximum absolute atomic E-state index is 13.3. The summed E-state index contributed by atoms with van der Waals surface area (Å²) in [7, 11) is 0. The molecule has 12 unspecified atom stereocenters. The molecule has 1 amide bonds. The molecule has 0 saturated carbocycles. The second-order valence-electron chi connectivity index (χ2n) is 23.2. The minimum Gasteiger partial charge on any atom is -0.394 e. The van der Waals surface area contributed by atoms with E-state index in [0.717, 1.165) is 51.4 Å². The molecule has 0 radical (unpaired) electrons. The van der Waals surface area contributed by atoms with Crippen molar-refractivity contribution < 1.29 is 64.6 Å². The largest absolute Gasteiger partial charge is 0.394 e. The summed E-state index contributed by atoms with van der Waals surface area (Å²) < 4.78 is 22.7. The summed E-state index contributed by atoms with van der Waals surface area (Å²) in [5.41, 5.74) is 0. The molecule has 0 aliphatic carbocycles. The molecule has 81 heavy (non-hydrogen) atoms. The summed E-state index contributed by atoms with van der Waals surface area (Å²) in [6.45, 7) is 2.72. The van der Waals surface area contributed by atoms with Crippen LogP contribution < -0.4 is 5.32 Å². The number of ether oxygens (including phenoxy) is 4. The van der Waals surface area contributed by atoms with E-state index in [0.29, 0.717) is 12.8 Å². The summed E-state index contributed by atoms with van der Waals surface area (Å²) in [5.74, 6) is -0.252. The van der Waals surface area contributed by atoms with E-state index in [1.165, 1.54) is 180 Å². The molecule has 0 spiro atoms. The molecule has 14 heteroatoms. The van der Waals surface area contributed by atoms with Gasteiger partial charge >= 0.3 is 0 Å². The molecular formula is C67H121NO13. The second kappa shape index (κ2) is 52.1. The fourth-order valence-electron chi connectivity index (χ4n) is 10.6. The lowest BCUT2D eigenvalue weighted by molar-refractivity contribution is -0.359. The van der Waals surface area contributed by atoms with Crippen LogP contribution in [-0.4, -0.2) is 140 Å². The van der Waals surface area contributed by atoms with Crippen LogP contribution in [0, 0.1) is 0 Å². The van der Waals surface area contributed by atoms with Gasteiger partial charge in [-0.15, -0.1) is 0 Å². The zero-order valence-electron chi connectivity index (χ0n) is 51.0. The SMILES string of the molecule is CCCC/C=C/CC/C=C/CC/C=C/C(O)C(COC1OC(CO)C(OC2OC(CO)C(O)C(O)C2O)C(O)C1O)NC(=O)CCCCCCCCCCCCCCCCCCCCCCCCC/C=C\C/C=C\CCCCCCC. The number of carbonyl (C=O) groups is 1. The number of aliphatic hydroxyl groups is 8. The highest BCUT2D eigenvalue weighted by Gasteiger charge is 2.51.